The highest BCUT2D eigenvalue weighted by Crippen LogP contribution is 2.43. The van der Waals surface area contributed by atoms with Gasteiger partial charge in [0, 0.05) is 54.9 Å². The van der Waals surface area contributed by atoms with Gasteiger partial charge in [-0.05, 0) is 38.6 Å². The summed E-state index contributed by atoms with van der Waals surface area (Å²) in [5, 5.41) is 22.2. The number of benzene rings is 2. The Balaban J connectivity index is 1.71. The minimum atomic E-state index is -0.816. The van der Waals surface area contributed by atoms with E-state index in [2.05, 4.69) is 0 Å². The van der Waals surface area contributed by atoms with E-state index in [1.54, 1.807) is 24.3 Å². The third-order valence-corrected chi connectivity index (χ3v) is 7.29. The SMILES string of the molecule is CN1CC[C@H](c2c(OC(=O)N3CC[C@@H](N)C3)cc(O)c3c(=O)cc(-c4ccccc4Cl)oc23)[C@H](O)C1. The Kier molecular flexibility index (Phi) is 6.65. The van der Waals surface area contributed by atoms with E-state index < -0.39 is 23.5 Å². The van der Waals surface area contributed by atoms with Crippen molar-refractivity contribution in [3.8, 4) is 22.8 Å². The van der Waals surface area contributed by atoms with Crippen LogP contribution in [0.4, 0.5) is 4.79 Å². The lowest BCUT2D eigenvalue weighted by Gasteiger charge is -2.34. The number of rotatable bonds is 3. The molecule has 10 heteroatoms. The van der Waals surface area contributed by atoms with Gasteiger partial charge in [0.2, 0.25) is 0 Å². The van der Waals surface area contributed by atoms with Gasteiger partial charge < -0.3 is 34.9 Å². The van der Waals surface area contributed by atoms with Crippen LogP contribution in [0.2, 0.25) is 5.02 Å². The number of aliphatic hydroxyl groups excluding tert-OH is 1. The number of aromatic hydroxyl groups is 1. The molecule has 4 N–H and O–H groups in total. The van der Waals surface area contributed by atoms with E-state index in [0.29, 0.717) is 55.2 Å². The average Bonchev–Trinajstić information content (AvgIpc) is 3.26. The number of piperidine rings is 1. The van der Waals surface area contributed by atoms with Crippen LogP contribution < -0.4 is 15.9 Å². The number of amides is 1. The van der Waals surface area contributed by atoms with E-state index in [-0.39, 0.29) is 34.3 Å². The van der Waals surface area contributed by atoms with Crippen LogP contribution in [0, 0.1) is 0 Å². The summed E-state index contributed by atoms with van der Waals surface area (Å²) in [6, 6.07) is 9.32. The van der Waals surface area contributed by atoms with Gasteiger partial charge in [0.05, 0.1) is 11.1 Å². The highest BCUT2D eigenvalue weighted by atomic mass is 35.5. The van der Waals surface area contributed by atoms with Crippen LogP contribution in [0.25, 0.3) is 22.3 Å². The summed E-state index contributed by atoms with van der Waals surface area (Å²) in [6.07, 6.45) is -0.246. The zero-order valence-corrected chi connectivity index (χ0v) is 20.6. The number of hydrogen-bond donors (Lipinski definition) is 3. The van der Waals surface area contributed by atoms with E-state index in [1.807, 2.05) is 11.9 Å². The maximum absolute atomic E-state index is 13.2. The summed E-state index contributed by atoms with van der Waals surface area (Å²) in [5.41, 5.74) is 6.40. The Bertz CT molecular complexity index is 1380. The summed E-state index contributed by atoms with van der Waals surface area (Å²) in [7, 11) is 1.90. The Morgan fingerprint density at radius 1 is 1.19 bits per heavy atom. The first-order valence-corrected chi connectivity index (χ1v) is 12.3. The van der Waals surface area contributed by atoms with Gasteiger partial charge in [0.15, 0.2) is 5.43 Å². The molecule has 0 radical (unpaired) electrons. The molecule has 0 spiro atoms. The van der Waals surface area contributed by atoms with E-state index in [0.717, 1.165) is 0 Å². The van der Waals surface area contributed by atoms with Crippen LogP contribution >= 0.6 is 11.6 Å². The van der Waals surface area contributed by atoms with Crippen molar-refractivity contribution in [3.05, 3.63) is 57.2 Å². The van der Waals surface area contributed by atoms with Gasteiger partial charge in [-0.2, -0.15) is 0 Å². The number of nitrogens with two attached hydrogens (primary N) is 1. The molecule has 2 saturated heterocycles. The largest absolute Gasteiger partial charge is 0.507 e. The standard InChI is InChI=1S/C26H28ClN3O6/c1-29-8-7-16(20(33)13-29)23-22(36-26(34)30-9-6-14(28)12-30)11-19(32)24-18(31)10-21(35-25(23)24)15-4-2-3-5-17(15)27/h2-5,10-11,14,16,20,32-33H,6-9,12-13,28H2,1H3/t14-,16+,20-/m1/s1. The minimum absolute atomic E-state index is 0.0403. The molecular formula is C26H28ClN3O6. The van der Waals surface area contributed by atoms with Gasteiger partial charge in [0.1, 0.15) is 28.2 Å². The second-order valence-corrected chi connectivity index (χ2v) is 9.96. The molecule has 5 rings (SSSR count). The van der Waals surface area contributed by atoms with Gasteiger partial charge in [-0.25, -0.2) is 4.79 Å². The average molecular weight is 514 g/mol. The first kappa shape index (κ1) is 24.6. The molecule has 0 aliphatic carbocycles. The van der Waals surface area contributed by atoms with Crippen molar-refractivity contribution in [2.75, 3.05) is 33.2 Å². The van der Waals surface area contributed by atoms with Gasteiger partial charge in [-0.15, -0.1) is 0 Å². The van der Waals surface area contributed by atoms with Gasteiger partial charge in [-0.3, -0.25) is 4.79 Å². The zero-order valence-electron chi connectivity index (χ0n) is 19.8. The van der Waals surface area contributed by atoms with Gasteiger partial charge in [0.25, 0.3) is 0 Å². The van der Waals surface area contributed by atoms with Crippen molar-refractivity contribution in [3.63, 3.8) is 0 Å². The van der Waals surface area contributed by atoms with Crippen LogP contribution in [-0.2, 0) is 0 Å². The summed E-state index contributed by atoms with van der Waals surface area (Å²) < 4.78 is 12.0. The van der Waals surface area contributed by atoms with E-state index in [4.69, 9.17) is 26.5 Å². The number of aliphatic hydroxyl groups is 1. The molecule has 1 amide bonds. The van der Waals surface area contributed by atoms with Crippen molar-refractivity contribution in [1.82, 2.24) is 9.80 Å². The molecule has 3 aromatic rings. The fraction of sp³-hybridized carbons (Fsp3) is 0.385. The molecule has 2 aliphatic heterocycles. The fourth-order valence-corrected chi connectivity index (χ4v) is 5.31. The highest BCUT2D eigenvalue weighted by Gasteiger charge is 2.35. The maximum atomic E-state index is 13.2. The molecule has 2 aromatic carbocycles. The second-order valence-electron chi connectivity index (χ2n) is 9.55. The Morgan fingerprint density at radius 2 is 1.97 bits per heavy atom. The molecule has 1 aromatic heterocycles. The number of phenols is 1. The quantitative estimate of drug-likeness (QED) is 0.487. The van der Waals surface area contributed by atoms with Crippen LogP contribution in [0.15, 0.2) is 45.6 Å². The Labute approximate surface area is 212 Å². The Hall–Kier alpha value is -3.11. The number of likely N-dealkylation sites (tertiary alicyclic amines) is 2. The van der Waals surface area contributed by atoms with Crippen molar-refractivity contribution in [2.45, 2.75) is 30.9 Å². The lowest BCUT2D eigenvalue weighted by molar-refractivity contribution is 0.0628. The normalized spacial score (nSPS) is 22.8. The lowest BCUT2D eigenvalue weighted by atomic mass is 9.85. The predicted molar refractivity (Wildman–Crippen MR) is 136 cm³/mol. The monoisotopic (exact) mass is 513 g/mol. The van der Waals surface area contributed by atoms with E-state index in [9.17, 15) is 19.8 Å². The molecule has 3 atom stereocenters. The number of halogens is 1. The molecule has 36 heavy (non-hydrogen) atoms. The second kappa shape index (κ2) is 9.74. The van der Waals surface area contributed by atoms with Crippen molar-refractivity contribution < 1.29 is 24.2 Å². The molecule has 190 valence electrons. The van der Waals surface area contributed by atoms with Gasteiger partial charge >= 0.3 is 6.09 Å². The first-order valence-electron chi connectivity index (χ1n) is 11.9. The smallest absolute Gasteiger partial charge is 0.415 e. The number of nitrogens with zero attached hydrogens (tertiary/aromatic N) is 2. The minimum Gasteiger partial charge on any atom is -0.507 e. The van der Waals surface area contributed by atoms with Crippen LogP contribution in [0.5, 0.6) is 11.5 Å². The van der Waals surface area contributed by atoms with E-state index >= 15 is 0 Å². The van der Waals surface area contributed by atoms with Crippen molar-refractivity contribution >= 4 is 28.7 Å². The van der Waals surface area contributed by atoms with Gasteiger partial charge in [-0.1, -0.05) is 23.7 Å². The summed E-state index contributed by atoms with van der Waals surface area (Å²) in [6.45, 7) is 1.87. The third-order valence-electron chi connectivity index (χ3n) is 6.96. The number of ether oxygens (including phenoxy) is 1. The number of β-amino-alcohol motifs (C(OH)–C–C–N with tert-alkyl or cyclic N) is 1. The number of carbonyl (C=O) groups excluding carboxylic acids is 1. The predicted octanol–water partition coefficient (Wildman–Crippen LogP) is 3.13. The molecule has 2 aliphatic rings. The number of carbonyl (C=O) groups is 1. The molecular weight excluding hydrogens is 486 g/mol. The van der Waals surface area contributed by atoms with Crippen LogP contribution in [0.3, 0.4) is 0 Å². The number of likely N-dealkylation sites (N-methyl/N-ethyl adjacent to an activating group) is 1. The van der Waals surface area contributed by atoms with E-state index in [1.165, 1.54) is 17.0 Å². The number of fused-ring (bicyclic) bond motifs is 1. The molecule has 0 saturated carbocycles. The third kappa shape index (κ3) is 4.55. The van der Waals surface area contributed by atoms with Crippen molar-refractivity contribution in [1.29, 1.82) is 0 Å². The van der Waals surface area contributed by atoms with Crippen LogP contribution in [0.1, 0.15) is 24.3 Å². The topological polar surface area (TPSA) is 129 Å². The summed E-state index contributed by atoms with van der Waals surface area (Å²) in [4.78, 5) is 29.6. The molecule has 0 bridgehead atoms. The molecule has 2 fully saturated rings. The maximum Gasteiger partial charge on any atom is 0.415 e. The first-order chi connectivity index (χ1) is 17.2. The fourth-order valence-electron chi connectivity index (χ4n) is 5.08. The van der Waals surface area contributed by atoms with Crippen molar-refractivity contribution in [2.24, 2.45) is 5.73 Å². The zero-order chi connectivity index (χ0) is 25.6. The molecule has 9 nitrogen and oxygen atoms in total. The summed E-state index contributed by atoms with van der Waals surface area (Å²) >= 11 is 6.36. The van der Waals surface area contributed by atoms with Crippen LogP contribution in [-0.4, -0.2) is 71.5 Å². The molecule has 3 heterocycles. The number of hydrogen-bond acceptors (Lipinski definition) is 8. The number of phenolic OH excluding ortho intramolecular Hbond substituents is 1. The molecule has 0 unspecified atom stereocenters. The lowest BCUT2D eigenvalue weighted by Crippen LogP contribution is -2.41. The Morgan fingerprint density at radius 3 is 2.67 bits per heavy atom. The summed E-state index contributed by atoms with van der Waals surface area (Å²) in [5.74, 6) is -0.636. The highest BCUT2D eigenvalue weighted by molar-refractivity contribution is 6.33.